The van der Waals surface area contributed by atoms with Crippen molar-refractivity contribution in [3.8, 4) is 11.4 Å². The van der Waals surface area contributed by atoms with Gasteiger partial charge in [0, 0.05) is 25.4 Å². The van der Waals surface area contributed by atoms with E-state index in [9.17, 15) is 9.59 Å². The molecule has 0 bridgehead atoms. The fourth-order valence-electron chi connectivity index (χ4n) is 2.98. The van der Waals surface area contributed by atoms with E-state index in [0.717, 1.165) is 0 Å². The van der Waals surface area contributed by atoms with Crippen molar-refractivity contribution in [1.29, 1.82) is 0 Å². The number of fused-ring (bicyclic) bond motifs is 1. The number of nitrogens with zero attached hydrogens (tertiary/aromatic N) is 7. The highest BCUT2D eigenvalue weighted by Gasteiger charge is 2.17. The van der Waals surface area contributed by atoms with Crippen molar-refractivity contribution in [2.24, 2.45) is 0 Å². The van der Waals surface area contributed by atoms with E-state index >= 15 is 0 Å². The van der Waals surface area contributed by atoms with Gasteiger partial charge in [0.25, 0.3) is 5.91 Å². The Morgan fingerprint density at radius 3 is 2.90 bits per heavy atom. The summed E-state index contributed by atoms with van der Waals surface area (Å²) < 4.78 is 9.54. The molecule has 0 aliphatic carbocycles. The predicted octanol–water partition coefficient (Wildman–Crippen LogP) is 0.954. The van der Waals surface area contributed by atoms with Gasteiger partial charge in [0.15, 0.2) is 5.65 Å². The minimum Gasteiger partial charge on any atom is -0.496 e. The quantitative estimate of drug-likeness (QED) is 0.435. The van der Waals surface area contributed by atoms with Gasteiger partial charge >= 0.3 is 5.69 Å². The maximum Gasteiger partial charge on any atom is 0.350 e. The molecule has 0 radical (unpaired) electrons. The van der Waals surface area contributed by atoms with Crippen molar-refractivity contribution in [2.45, 2.75) is 13.0 Å². The number of aryl methyl sites for hydroxylation is 1. The Morgan fingerprint density at radius 2 is 2.17 bits per heavy atom. The molecular weight excluding hydrogens is 412 g/mol. The van der Waals surface area contributed by atoms with E-state index in [-0.39, 0.29) is 17.2 Å². The van der Waals surface area contributed by atoms with Crippen LogP contribution in [0.3, 0.4) is 0 Å². The second-order valence-corrected chi connectivity index (χ2v) is 6.71. The fourth-order valence-corrected chi connectivity index (χ4v) is 3.23. The standard InChI is InChI=1S/C18H17ClN8O3/c1-30-15-10-14(27-11-21-23-24-27)13(19)9-12(15)17(28)20-6-4-8-26-18(29)25-7-3-2-5-16(25)22-26/h2-3,5,7,9-11H,4,6,8H2,1H3,(H,20,28). The number of amides is 1. The Balaban J connectivity index is 1.42. The molecule has 11 nitrogen and oxygen atoms in total. The Kier molecular flexibility index (Phi) is 5.44. The number of rotatable bonds is 7. The number of tetrazole rings is 1. The number of nitrogens with one attached hydrogen (secondary N) is 1. The van der Waals surface area contributed by atoms with Gasteiger partial charge in [-0.2, -0.15) is 4.68 Å². The third-order valence-corrected chi connectivity index (χ3v) is 4.73. The number of benzene rings is 1. The number of carbonyl (C=O) groups excluding carboxylic acids is 1. The van der Waals surface area contributed by atoms with Crippen LogP contribution in [0.25, 0.3) is 11.3 Å². The van der Waals surface area contributed by atoms with Gasteiger partial charge in [-0.25, -0.2) is 9.48 Å². The fraction of sp³-hybridized carbons (Fsp3) is 0.222. The average Bonchev–Trinajstić information content (AvgIpc) is 3.40. The summed E-state index contributed by atoms with van der Waals surface area (Å²) in [6.45, 7) is 0.714. The first-order valence-electron chi connectivity index (χ1n) is 9.02. The van der Waals surface area contributed by atoms with E-state index in [1.807, 2.05) is 6.07 Å². The molecule has 0 fully saturated rings. The van der Waals surface area contributed by atoms with Gasteiger partial charge in [-0.1, -0.05) is 17.7 Å². The van der Waals surface area contributed by atoms with Crippen LogP contribution in [0.2, 0.25) is 5.02 Å². The minimum atomic E-state index is -0.348. The number of hydrogen-bond donors (Lipinski definition) is 1. The van der Waals surface area contributed by atoms with Crippen LogP contribution in [-0.2, 0) is 6.54 Å². The maximum atomic E-state index is 12.6. The van der Waals surface area contributed by atoms with Crippen molar-refractivity contribution in [2.75, 3.05) is 13.7 Å². The van der Waals surface area contributed by atoms with E-state index in [0.29, 0.717) is 41.6 Å². The number of ether oxygens (including phenoxy) is 1. The summed E-state index contributed by atoms with van der Waals surface area (Å²) >= 11 is 6.29. The molecule has 3 aromatic heterocycles. The van der Waals surface area contributed by atoms with E-state index in [2.05, 4.69) is 25.9 Å². The molecule has 12 heteroatoms. The van der Waals surface area contributed by atoms with Crippen molar-refractivity contribution < 1.29 is 9.53 Å². The van der Waals surface area contributed by atoms with Crippen LogP contribution < -0.4 is 15.7 Å². The first-order chi connectivity index (χ1) is 14.6. The molecule has 0 saturated heterocycles. The molecule has 0 spiro atoms. The van der Waals surface area contributed by atoms with Gasteiger partial charge in [0.05, 0.1) is 23.4 Å². The SMILES string of the molecule is COc1cc(-n2cnnn2)c(Cl)cc1C(=O)NCCCn1nc2ccccn2c1=O. The van der Waals surface area contributed by atoms with Crippen molar-refractivity contribution in [3.05, 3.63) is 63.9 Å². The number of hydrogen-bond acceptors (Lipinski definition) is 7. The summed E-state index contributed by atoms with van der Waals surface area (Å²) in [4.78, 5) is 24.9. The number of halogens is 1. The molecule has 1 aromatic carbocycles. The van der Waals surface area contributed by atoms with Gasteiger partial charge in [-0.05, 0) is 35.0 Å². The Labute approximate surface area is 174 Å². The predicted molar refractivity (Wildman–Crippen MR) is 107 cm³/mol. The molecule has 3 heterocycles. The lowest BCUT2D eigenvalue weighted by Crippen LogP contribution is -2.28. The summed E-state index contributed by atoms with van der Waals surface area (Å²) in [5.74, 6) is -0.0154. The Bertz CT molecular complexity index is 1250. The average molecular weight is 429 g/mol. The van der Waals surface area contributed by atoms with Crippen LogP contribution >= 0.6 is 11.6 Å². The van der Waals surface area contributed by atoms with Gasteiger partial charge in [0.1, 0.15) is 12.1 Å². The first-order valence-corrected chi connectivity index (χ1v) is 9.39. The van der Waals surface area contributed by atoms with Gasteiger partial charge in [0.2, 0.25) is 0 Å². The zero-order chi connectivity index (χ0) is 21.1. The Morgan fingerprint density at radius 1 is 1.30 bits per heavy atom. The molecule has 0 aliphatic heterocycles. The highest BCUT2D eigenvalue weighted by Crippen LogP contribution is 2.29. The zero-order valence-electron chi connectivity index (χ0n) is 15.9. The largest absolute Gasteiger partial charge is 0.496 e. The molecule has 0 atom stereocenters. The normalized spacial score (nSPS) is 11.0. The summed E-state index contributed by atoms with van der Waals surface area (Å²) in [6, 6.07) is 8.43. The number of carbonyl (C=O) groups is 1. The topological polar surface area (TPSA) is 121 Å². The lowest BCUT2D eigenvalue weighted by molar-refractivity contribution is 0.0949. The summed E-state index contributed by atoms with van der Waals surface area (Å²) in [6.07, 6.45) is 3.58. The van der Waals surface area contributed by atoms with Gasteiger partial charge in [-0.3, -0.25) is 9.20 Å². The monoisotopic (exact) mass is 428 g/mol. The molecule has 0 saturated carbocycles. The molecule has 0 unspecified atom stereocenters. The third kappa shape index (κ3) is 3.74. The van der Waals surface area contributed by atoms with Gasteiger partial charge < -0.3 is 10.1 Å². The van der Waals surface area contributed by atoms with Crippen LogP contribution in [0.15, 0.2) is 47.7 Å². The zero-order valence-corrected chi connectivity index (χ0v) is 16.7. The first kappa shape index (κ1) is 19.6. The van der Waals surface area contributed by atoms with E-state index in [4.69, 9.17) is 16.3 Å². The number of pyridine rings is 1. The Hall–Kier alpha value is -3.73. The molecule has 4 aromatic rings. The number of aromatic nitrogens is 7. The van der Waals surface area contributed by atoms with Crippen molar-refractivity contribution in [3.63, 3.8) is 0 Å². The second kappa shape index (κ2) is 8.33. The lowest BCUT2D eigenvalue weighted by atomic mass is 10.1. The number of methoxy groups -OCH3 is 1. The summed E-state index contributed by atoms with van der Waals surface area (Å²) in [5.41, 5.74) is 1.13. The summed E-state index contributed by atoms with van der Waals surface area (Å²) in [7, 11) is 1.46. The van der Waals surface area contributed by atoms with Crippen LogP contribution in [0.5, 0.6) is 5.75 Å². The highest BCUT2D eigenvalue weighted by molar-refractivity contribution is 6.33. The highest BCUT2D eigenvalue weighted by atomic mass is 35.5. The van der Waals surface area contributed by atoms with E-state index in [1.165, 1.54) is 33.3 Å². The molecule has 30 heavy (non-hydrogen) atoms. The van der Waals surface area contributed by atoms with E-state index in [1.54, 1.807) is 24.4 Å². The van der Waals surface area contributed by atoms with E-state index < -0.39 is 0 Å². The summed E-state index contributed by atoms with van der Waals surface area (Å²) in [5, 5.41) is 18.3. The minimum absolute atomic E-state index is 0.219. The second-order valence-electron chi connectivity index (χ2n) is 6.30. The van der Waals surface area contributed by atoms with Crippen LogP contribution in [0.1, 0.15) is 16.8 Å². The van der Waals surface area contributed by atoms with Crippen LogP contribution in [0, 0.1) is 0 Å². The smallest absolute Gasteiger partial charge is 0.350 e. The van der Waals surface area contributed by atoms with Crippen molar-refractivity contribution in [1.82, 2.24) is 39.7 Å². The van der Waals surface area contributed by atoms with Crippen LogP contribution in [0.4, 0.5) is 0 Å². The third-order valence-electron chi connectivity index (χ3n) is 4.43. The molecule has 1 N–H and O–H groups in total. The van der Waals surface area contributed by atoms with Gasteiger partial charge in [-0.15, -0.1) is 10.2 Å². The lowest BCUT2D eigenvalue weighted by Gasteiger charge is -2.12. The maximum absolute atomic E-state index is 12.6. The van der Waals surface area contributed by atoms with Crippen LogP contribution in [-0.4, -0.2) is 54.0 Å². The molecule has 154 valence electrons. The molecular formula is C18H17ClN8O3. The molecule has 4 rings (SSSR count). The molecule has 1 amide bonds. The van der Waals surface area contributed by atoms with Crippen molar-refractivity contribution >= 4 is 23.2 Å². The molecule has 0 aliphatic rings.